The van der Waals surface area contributed by atoms with E-state index in [-0.39, 0.29) is 23.1 Å². The van der Waals surface area contributed by atoms with E-state index in [1.807, 2.05) is 79.7 Å². The molecule has 1 aliphatic heterocycles. The molecule has 47 heavy (non-hydrogen) atoms. The molecule has 0 saturated carbocycles. The molecular formula is C37H31N5O4S. The van der Waals surface area contributed by atoms with Crippen molar-refractivity contribution in [1.82, 2.24) is 4.98 Å². The number of hydrogen-bond acceptors (Lipinski definition) is 7. The van der Waals surface area contributed by atoms with Crippen LogP contribution in [0, 0.1) is 0 Å². The number of amides is 2. The predicted octanol–water partition coefficient (Wildman–Crippen LogP) is 7.17. The van der Waals surface area contributed by atoms with Gasteiger partial charge in [-0.25, -0.2) is 14.8 Å². The molecule has 5 aromatic rings. The number of nitrogens with one attached hydrogen (secondary N) is 1. The van der Waals surface area contributed by atoms with E-state index in [2.05, 4.69) is 15.3 Å². The summed E-state index contributed by atoms with van der Waals surface area (Å²) in [7, 11) is 3.93. The quantitative estimate of drug-likeness (QED) is 0.173. The van der Waals surface area contributed by atoms with Crippen LogP contribution in [0.4, 0.5) is 17.1 Å². The van der Waals surface area contributed by atoms with E-state index in [9.17, 15) is 19.5 Å². The lowest BCUT2D eigenvalue weighted by Gasteiger charge is -2.20. The first kappa shape index (κ1) is 31.3. The summed E-state index contributed by atoms with van der Waals surface area (Å²) in [5.74, 6) is -1.56. The number of amidine groups is 1. The van der Waals surface area contributed by atoms with Gasteiger partial charge in [0.05, 0.1) is 27.7 Å². The van der Waals surface area contributed by atoms with Crippen LogP contribution in [0.5, 0.6) is 0 Å². The Balaban J connectivity index is 1.20. The molecule has 10 heteroatoms. The van der Waals surface area contributed by atoms with Crippen LogP contribution in [-0.2, 0) is 9.59 Å². The number of rotatable bonds is 8. The molecule has 0 spiro atoms. The second kappa shape index (κ2) is 13.3. The van der Waals surface area contributed by atoms with Crippen molar-refractivity contribution >= 4 is 68.8 Å². The third-order valence-corrected chi connectivity index (χ3v) is 8.66. The van der Waals surface area contributed by atoms with E-state index >= 15 is 0 Å². The van der Waals surface area contributed by atoms with Gasteiger partial charge in [-0.1, -0.05) is 72.4 Å². The van der Waals surface area contributed by atoms with Crippen molar-refractivity contribution < 1.29 is 19.5 Å². The number of benzene rings is 4. The lowest BCUT2D eigenvalue weighted by atomic mass is 10.0. The van der Waals surface area contributed by atoms with Crippen molar-refractivity contribution in [1.29, 1.82) is 0 Å². The number of carboxylic acids is 1. The van der Waals surface area contributed by atoms with Crippen LogP contribution >= 0.6 is 11.8 Å². The Bertz CT molecular complexity index is 2040. The summed E-state index contributed by atoms with van der Waals surface area (Å²) in [6.07, 6.45) is 1.75. The lowest BCUT2D eigenvalue weighted by molar-refractivity contribution is -0.115. The Hall–Kier alpha value is -5.74. The summed E-state index contributed by atoms with van der Waals surface area (Å²) < 4.78 is 0. The number of aromatic nitrogens is 1. The van der Waals surface area contributed by atoms with Crippen molar-refractivity contribution in [2.45, 2.75) is 12.2 Å². The van der Waals surface area contributed by atoms with Gasteiger partial charge < -0.3 is 15.3 Å². The molecule has 1 aromatic heterocycles. The summed E-state index contributed by atoms with van der Waals surface area (Å²) in [5.41, 5.74) is 5.39. The summed E-state index contributed by atoms with van der Waals surface area (Å²) in [6.45, 7) is 1.76. The van der Waals surface area contributed by atoms with Gasteiger partial charge in [0, 0.05) is 36.4 Å². The normalized spacial score (nSPS) is 14.3. The number of fused-ring (bicyclic) bond motifs is 1. The van der Waals surface area contributed by atoms with Crippen LogP contribution in [0.1, 0.15) is 22.8 Å². The van der Waals surface area contributed by atoms with E-state index in [1.54, 1.807) is 61.5 Å². The first-order valence-electron chi connectivity index (χ1n) is 14.9. The van der Waals surface area contributed by atoms with Crippen molar-refractivity contribution in [3.63, 3.8) is 0 Å². The van der Waals surface area contributed by atoms with Crippen LogP contribution in [0.25, 0.3) is 28.2 Å². The molecule has 9 nitrogen and oxygen atoms in total. The molecule has 1 atom stereocenters. The minimum absolute atomic E-state index is 0.173. The number of aromatic carboxylic acids is 1. The highest BCUT2D eigenvalue weighted by atomic mass is 32.2. The number of para-hydroxylation sites is 2. The summed E-state index contributed by atoms with van der Waals surface area (Å²) >= 11 is 1.20. The van der Waals surface area contributed by atoms with Crippen LogP contribution < -0.4 is 15.1 Å². The fourth-order valence-corrected chi connectivity index (χ4v) is 6.01. The first-order valence-corrected chi connectivity index (χ1v) is 15.7. The highest BCUT2D eigenvalue weighted by Crippen LogP contribution is 2.32. The van der Waals surface area contributed by atoms with Crippen LogP contribution in [0.15, 0.2) is 120 Å². The zero-order chi connectivity index (χ0) is 33.1. The molecule has 234 valence electrons. The van der Waals surface area contributed by atoms with Crippen LogP contribution in [-0.4, -0.2) is 52.4 Å². The zero-order valence-corrected chi connectivity index (χ0v) is 26.7. The minimum atomic E-state index is -1.03. The number of carboxylic acid groups (broad SMARTS) is 1. The van der Waals surface area contributed by atoms with Gasteiger partial charge in [-0.2, -0.15) is 0 Å². The van der Waals surface area contributed by atoms with Gasteiger partial charge >= 0.3 is 5.97 Å². The standard InChI is InChI=1S/C37H31N5O4S/c1-23(34(43)38-26-17-15-25(16-18-26)32-22-30(36(45)46)29-11-7-8-12-31(29)39-32)47-37-40-33(21-24-13-19-27(20-14-24)41(2)3)35(44)42(37)28-9-5-4-6-10-28/h4-23H,1-3H3,(H,38,43)(H,45,46)/b33-21-. The van der Waals surface area contributed by atoms with Gasteiger partial charge in [0.2, 0.25) is 5.91 Å². The molecule has 0 radical (unpaired) electrons. The molecule has 4 aromatic carbocycles. The van der Waals surface area contributed by atoms with Gasteiger partial charge in [-0.15, -0.1) is 0 Å². The van der Waals surface area contributed by atoms with Gasteiger partial charge in [-0.3, -0.25) is 14.5 Å². The molecule has 0 aliphatic carbocycles. The first-order chi connectivity index (χ1) is 22.7. The van der Waals surface area contributed by atoms with Crippen molar-refractivity contribution in [3.05, 3.63) is 126 Å². The molecule has 2 heterocycles. The number of anilines is 3. The average molecular weight is 642 g/mol. The molecule has 6 rings (SSSR count). The number of nitrogens with zero attached hydrogens (tertiary/aromatic N) is 4. The number of pyridine rings is 1. The largest absolute Gasteiger partial charge is 0.478 e. The average Bonchev–Trinajstić information content (AvgIpc) is 3.38. The maximum Gasteiger partial charge on any atom is 0.336 e. The number of hydrogen-bond donors (Lipinski definition) is 2. The predicted molar refractivity (Wildman–Crippen MR) is 190 cm³/mol. The fourth-order valence-electron chi connectivity index (χ4n) is 5.09. The molecule has 2 N–H and O–H groups in total. The van der Waals surface area contributed by atoms with Crippen LogP contribution in [0.2, 0.25) is 0 Å². The van der Waals surface area contributed by atoms with Gasteiger partial charge in [0.25, 0.3) is 5.91 Å². The van der Waals surface area contributed by atoms with E-state index in [4.69, 9.17) is 0 Å². The smallest absolute Gasteiger partial charge is 0.336 e. The van der Waals surface area contributed by atoms with Crippen molar-refractivity contribution in [2.75, 3.05) is 29.2 Å². The molecule has 1 unspecified atom stereocenters. The number of carbonyl (C=O) groups is 3. The Labute approximate surface area is 276 Å². The van der Waals surface area contributed by atoms with Gasteiger partial charge in [0.1, 0.15) is 5.70 Å². The molecule has 2 amide bonds. The molecule has 0 fully saturated rings. The van der Waals surface area contributed by atoms with Gasteiger partial charge in [-0.05, 0) is 67.1 Å². The van der Waals surface area contributed by atoms with E-state index in [0.717, 1.165) is 11.3 Å². The zero-order valence-electron chi connectivity index (χ0n) is 25.9. The SMILES string of the molecule is CC(SC1=N/C(=C\c2ccc(N(C)C)cc2)C(=O)N1c1ccccc1)C(=O)Nc1ccc(-c2cc(C(=O)O)c3ccccc3n2)cc1. The maximum atomic E-state index is 13.6. The second-order valence-electron chi connectivity index (χ2n) is 11.1. The minimum Gasteiger partial charge on any atom is -0.478 e. The van der Waals surface area contributed by atoms with Crippen LogP contribution in [0.3, 0.4) is 0 Å². The topological polar surface area (TPSA) is 115 Å². The Morgan fingerprint density at radius 3 is 2.28 bits per heavy atom. The van der Waals surface area contributed by atoms with Crippen molar-refractivity contribution in [2.24, 2.45) is 4.99 Å². The summed E-state index contributed by atoms with van der Waals surface area (Å²) in [4.78, 5) is 51.7. The lowest BCUT2D eigenvalue weighted by Crippen LogP contribution is -2.33. The Morgan fingerprint density at radius 2 is 1.60 bits per heavy atom. The van der Waals surface area contributed by atoms with E-state index in [1.165, 1.54) is 16.7 Å². The summed E-state index contributed by atoms with van der Waals surface area (Å²) in [6, 6.07) is 32.8. The monoisotopic (exact) mass is 641 g/mol. The maximum absolute atomic E-state index is 13.6. The second-order valence-corrected chi connectivity index (χ2v) is 12.4. The van der Waals surface area contributed by atoms with E-state index < -0.39 is 11.2 Å². The fraction of sp³-hybridized carbons (Fsp3) is 0.108. The number of carbonyl (C=O) groups excluding carboxylic acids is 2. The molecule has 0 bridgehead atoms. The number of aliphatic imine (C=N–C) groups is 1. The van der Waals surface area contributed by atoms with Crippen molar-refractivity contribution in [3.8, 4) is 11.3 Å². The summed E-state index contributed by atoms with van der Waals surface area (Å²) in [5, 5.41) is 13.1. The molecular weight excluding hydrogens is 611 g/mol. The van der Waals surface area contributed by atoms with E-state index in [0.29, 0.717) is 38.7 Å². The molecule has 1 aliphatic rings. The molecule has 0 saturated heterocycles. The number of thioether (sulfide) groups is 1. The third-order valence-electron chi connectivity index (χ3n) is 7.60. The Kier molecular flexibility index (Phi) is 8.86. The van der Waals surface area contributed by atoms with Gasteiger partial charge in [0.15, 0.2) is 5.17 Å². The highest BCUT2D eigenvalue weighted by Gasteiger charge is 2.34. The highest BCUT2D eigenvalue weighted by molar-refractivity contribution is 8.15. The third kappa shape index (κ3) is 6.78. The Morgan fingerprint density at radius 1 is 0.915 bits per heavy atom.